The van der Waals surface area contributed by atoms with Crippen LogP contribution in [-0.4, -0.2) is 9.97 Å². The molecule has 2 aromatic heterocycles. The zero-order valence-corrected chi connectivity index (χ0v) is 9.57. The Morgan fingerprint density at radius 3 is 1.60 bits per heavy atom. The van der Waals surface area contributed by atoms with Crippen LogP contribution in [0, 0.1) is 0 Å². The van der Waals surface area contributed by atoms with Gasteiger partial charge in [0.25, 0.3) is 0 Å². The molecule has 2 nitrogen and oxygen atoms in total. The van der Waals surface area contributed by atoms with E-state index in [1.165, 1.54) is 0 Å². The van der Waals surface area contributed by atoms with E-state index in [2.05, 4.69) is 34.2 Å². The van der Waals surface area contributed by atoms with Gasteiger partial charge in [0.2, 0.25) is 0 Å². The molecule has 0 saturated carbocycles. The second-order valence-electron chi connectivity index (χ2n) is 3.22. The molecule has 3 aromatic rings. The van der Waals surface area contributed by atoms with Crippen LogP contribution in [0.1, 0.15) is 0 Å². The third-order valence-electron chi connectivity index (χ3n) is 2.34. The summed E-state index contributed by atoms with van der Waals surface area (Å²) in [7, 11) is 0. The van der Waals surface area contributed by atoms with Gasteiger partial charge in [-0.15, -0.1) is 0 Å². The van der Waals surface area contributed by atoms with Crippen LogP contribution < -0.4 is 0 Å². The van der Waals surface area contributed by atoms with Crippen molar-refractivity contribution in [2.75, 3.05) is 0 Å². The van der Waals surface area contributed by atoms with Crippen LogP contribution in [0.15, 0.2) is 48.8 Å². The van der Waals surface area contributed by atoms with Crippen molar-refractivity contribution in [2.45, 2.75) is 0 Å². The van der Waals surface area contributed by atoms with Crippen molar-refractivity contribution < 1.29 is 21.7 Å². The maximum Gasteiger partial charge on any atom is 0.0964 e. The van der Waals surface area contributed by atoms with Gasteiger partial charge in [-0.3, -0.25) is 9.97 Å². The predicted molar refractivity (Wildman–Crippen MR) is 57.0 cm³/mol. The SMILES string of the molecule is [Ti].c1cnc2c(c1)ccc1cccnc12. The minimum atomic E-state index is 0. The van der Waals surface area contributed by atoms with Crippen molar-refractivity contribution in [1.29, 1.82) is 0 Å². The molecule has 0 N–H and O–H groups in total. The van der Waals surface area contributed by atoms with Crippen molar-refractivity contribution in [1.82, 2.24) is 9.97 Å². The number of hydrogen-bond acceptors (Lipinski definition) is 2. The molecule has 0 unspecified atom stereocenters. The maximum atomic E-state index is 4.35. The Labute approximate surface area is 102 Å². The van der Waals surface area contributed by atoms with E-state index < -0.39 is 0 Å². The van der Waals surface area contributed by atoms with Crippen molar-refractivity contribution in [3.05, 3.63) is 48.8 Å². The molecule has 2 heterocycles. The monoisotopic (exact) mass is 228 g/mol. The summed E-state index contributed by atoms with van der Waals surface area (Å²) in [5.41, 5.74) is 1.95. The number of hydrogen-bond donors (Lipinski definition) is 0. The molecular weight excluding hydrogens is 220 g/mol. The van der Waals surface area contributed by atoms with E-state index in [-0.39, 0.29) is 21.7 Å². The van der Waals surface area contributed by atoms with Gasteiger partial charge in [0.05, 0.1) is 11.0 Å². The van der Waals surface area contributed by atoms with E-state index >= 15 is 0 Å². The average molecular weight is 228 g/mol. The Kier molecular flexibility index (Phi) is 2.80. The van der Waals surface area contributed by atoms with Crippen LogP contribution in [-0.2, 0) is 21.7 Å². The fraction of sp³-hybridized carbons (Fsp3) is 0. The Morgan fingerprint density at radius 2 is 1.13 bits per heavy atom. The summed E-state index contributed by atoms with van der Waals surface area (Å²) < 4.78 is 0. The van der Waals surface area contributed by atoms with Crippen LogP contribution in [0.5, 0.6) is 0 Å². The first-order chi connectivity index (χ1) is 6.95. The number of pyridine rings is 2. The zero-order chi connectivity index (χ0) is 9.38. The Hall–Kier alpha value is -1.25. The van der Waals surface area contributed by atoms with E-state index in [0.717, 1.165) is 21.8 Å². The molecule has 0 aliphatic heterocycles. The number of benzene rings is 1. The maximum absolute atomic E-state index is 4.35. The summed E-state index contributed by atoms with van der Waals surface area (Å²) in [5.74, 6) is 0. The van der Waals surface area contributed by atoms with Gasteiger partial charge in [0, 0.05) is 44.9 Å². The quantitative estimate of drug-likeness (QED) is 0.436. The van der Waals surface area contributed by atoms with E-state index in [1.54, 1.807) is 12.4 Å². The summed E-state index contributed by atoms with van der Waals surface area (Å²) in [5, 5.41) is 2.28. The predicted octanol–water partition coefficient (Wildman–Crippen LogP) is 2.78. The molecule has 70 valence electrons. The Bertz CT molecular complexity index is 553. The molecular formula is C12H8N2Ti. The van der Waals surface area contributed by atoms with Gasteiger partial charge in [-0.1, -0.05) is 24.3 Å². The van der Waals surface area contributed by atoms with Gasteiger partial charge in [0.15, 0.2) is 0 Å². The number of rotatable bonds is 0. The van der Waals surface area contributed by atoms with Crippen molar-refractivity contribution in [2.24, 2.45) is 0 Å². The summed E-state index contributed by atoms with van der Waals surface area (Å²) >= 11 is 0. The molecule has 15 heavy (non-hydrogen) atoms. The molecule has 1 aromatic carbocycles. The van der Waals surface area contributed by atoms with Crippen molar-refractivity contribution >= 4 is 21.8 Å². The molecule has 0 aliphatic carbocycles. The van der Waals surface area contributed by atoms with Gasteiger partial charge >= 0.3 is 0 Å². The normalized spacial score (nSPS) is 10.1. The first-order valence-corrected chi connectivity index (χ1v) is 4.53. The van der Waals surface area contributed by atoms with Gasteiger partial charge in [-0.05, 0) is 12.1 Å². The van der Waals surface area contributed by atoms with E-state index in [0.29, 0.717) is 0 Å². The molecule has 0 fully saturated rings. The van der Waals surface area contributed by atoms with E-state index in [1.807, 2.05) is 12.1 Å². The van der Waals surface area contributed by atoms with Gasteiger partial charge < -0.3 is 0 Å². The number of nitrogens with zero attached hydrogens (tertiary/aromatic N) is 2. The second kappa shape index (κ2) is 4.09. The van der Waals surface area contributed by atoms with E-state index in [4.69, 9.17) is 0 Å². The first-order valence-electron chi connectivity index (χ1n) is 4.53. The fourth-order valence-electron chi connectivity index (χ4n) is 1.68. The third-order valence-corrected chi connectivity index (χ3v) is 2.34. The topological polar surface area (TPSA) is 25.8 Å². The second-order valence-corrected chi connectivity index (χ2v) is 3.22. The van der Waals surface area contributed by atoms with Crippen LogP contribution in [0.25, 0.3) is 21.8 Å². The molecule has 3 rings (SSSR count). The van der Waals surface area contributed by atoms with Crippen LogP contribution in [0.4, 0.5) is 0 Å². The zero-order valence-electron chi connectivity index (χ0n) is 8.01. The summed E-state index contributed by atoms with van der Waals surface area (Å²) in [4.78, 5) is 8.69. The largest absolute Gasteiger partial charge is 0.254 e. The van der Waals surface area contributed by atoms with Crippen molar-refractivity contribution in [3.8, 4) is 0 Å². The molecule has 0 radical (unpaired) electrons. The summed E-state index contributed by atoms with van der Waals surface area (Å²) in [6.07, 6.45) is 3.60. The standard InChI is InChI=1S/C12H8N2.Ti/c1-3-9-5-6-10-4-2-8-14-12(10)11(9)13-7-1;/h1-8H;. The Balaban J connectivity index is 0.000000853. The molecule has 0 bridgehead atoms. The minimum Gasteiger partial charge on any atom is -0.254 e. The molecule has 3 heteroatoms. The molecule has 0 aliphatic rings. The van der Waals surface area contributed by atoms with Gasteiger partial charge in [-0.2, -0.15) is 0 Å². The fourth-order valence-corrected chi connectivity index (χ4v) is 1.68. The molecule has 0 spiro atoms. The van der Waals surface area contributed by atoms with Gasteiger partial charge in [0.1, 0.15) is 0 Å². The molecule has 0 amide bonds. The van der Waals surface area contributed by atoms with Gasteiger partial charge in [-0.25, -0.2) is 0 Å². The van der Waals surface area contributed by atoms with E-state index in [9.17, 15) is 0 Å². The number of fused-ring (bicyclic) bond motifs is 3. The molecule has 0 saturated heterocycles. The van der Waals surface area contributed by atoms with Crippen LogP contribution in [0.3, 0.4) is 0 Å². The van der Waals surface area contributed by atoms with Crippen molar-refractivity contribution in [3.63, 3.8) is 0 Å². The summed E-state index contributed by atoms with van der Waals surface area (Å²) in [6.45, 7) is 0. The Morgan fingerprint density at radius 1 is 0.667 bits per heavy atom. The van der Waals surface area contributed by atoms with Crippen LogP contribution >= 0.6 is 0 Å². The minimum absolute atomic E-state index is 0. The third kappa shape index (κ3) is 1.67. The smallest absolute Gasteiger partial charge is 0.0964 e. The first kappa shape index (κ1) is 10.3. The van der Waals surface area contributed by atoms with Crippen LogP contribution in [0.2, 0.25) is 0 Å². The number of aromatic nitrogens is 2. The molecule has 0 atom stereocenters. The summed E-state index contributed by atoms with van der Waals surface area (Å²) in [6, 6.07) is 12.1. The average Bonchev–Trinajstić information content (AvgIpc) is 2.29.